The summed E-state index contributed by atoms with van der Waals surface area (Å²) in [5.74, 6) is 0. The third-order valence-electron chi connectivity index (χ3n) is 0. The van der Waals surface area contributed by atoms with Gasteiger partial charge >= 0.3 is 16.5 Å². The first-order valence-electron chi connectivity index (χ1n) is 3.01. The number of hydrogen-bond donors (Lipinski definition) is 1. The van der Waals surface area contributed by atoms with Crippen LogP contribution in [0.25, 0.3) is 0 Å². The predicted octanol–water partition coefficient (Wildman–Crippen LogP) is -1.27. The van der Waals surface area contributed by atoms with Crippen molar-refractivity contribution in [2.75, 3.05) is 19.8 Å². The van der Waals surface area contributed by atoms with Gasteiger partial charge in [0.1, 0.15) is 0 Å². The van der Waals surface area contributed by atoms with Crippen LogP contribution in [0.3, 0.4) is 0 Å². The van der Waals surface area contributed by atoms with E-state index >= 15 is 0 Å². The third-order valence-corrected chi connectivity index (χ3v) is 0. The fourth-order valence-corrected chi connectivity index (χ4v) is 0. The first-order chi connectivity index (χ1) is 4.24. The van der Waals surface area contributed by atoms with E-state index < -0.39 is 0 Å². The minimum Gasteiger partial charge on any atom is -0.855 e. The molecule has 0 aliphatic heterocycles. The average molecular weight is 195 g/mol. The van der Waals surface area contributed by atoms with E-state index in [2.05, 4.69) is 0 Å². The van der Waals surface area contributed by atoms with Crippen LogP contribution in [-0.2, 0) is 16.5 Å². The van der Waals surface area contributed by atoms with Crippen LogP contribution in [0.4, 0.5) is 0 Å². The van der Waals surface area contributed by atoms with E-state index in [4.69, 9.17) is 15.3 Å². The van der Waals surface area contributed by atoms with Crippen molar-refractivity contribution in [2.24, 2.45) is 0 Å². The van der Waals surface area contributed by atoms with Crippen molar-refractivity contribution in [1.82, 2.24) is 0 Å². The summed E-state index contributed by atoms with van der Waals surface area (Å²) >= 11 is 0. The van der Waals surface area contributed by atoms with Crippen LogP contribution in [0.2, 0.25) is 0 Å². The SMILES string of the molecule is CCO.CC[O-].CC[O-].[Ni+2]. The van der Waals surface area contributed by atoms with Gasteiger partial charge in [-0.05, 0) is 6.92 Å². The van der Waals surface area contributed by atoms with Crippen molar-refractivity contribution in [2.45, 2.75) is 20.8 Å². The molecule has 0 aromatic heterocycles. The summed E-state index contributed by atoms with van der Waals surface area (Å²) < 4.78 is 0. The molecule has 4 heteroatoms. The van der Waals surface area contributed by atoms with Gasteiger partial charge in [0.05, 0.1) is 0 Å². The van der Waals surface area contributed by atoms with Crippen molar-refractivity contribution in [3.8, 4) is 0 Å². The Morgan fingerprint density at radius 1 is 1.00 bits per heavy atom. The molecule has 0 fully saturated rings. The van der Waals surface area contributed by atoms with E-state index in [-0.39, 0.29) is 36.3 Å². The molecular weight excluding hydrogens is 179 g/mol. The van der Waals surface area contributed by atoms with Crippen molar-refractivity contribution < 1.29 is 31.8 Å². The number of aliphatic hydroxyl groups is 1. The van der Waals surface area contributed by atoms with Crippen molar-refractivity contribution in [3.05, 3.63) is 0 Å². The molecule has 0 rings (SSSR count). The summed E-state index contributed by atoms with van der Waals surface area (Å²) in [4.78, 5) is 0. The molecule has 68 valence electrons. The minimum absolute atomic E-state index is 0. The predicted molar refractivity (Wildman–Crippen MR) is 33.8 cm³/mol. The summed E-state index contributed by atoms with van der Waals surface area (Å²) in [6.07, 6.45) is 0. The molecule has 0 saturated heterocycles. The van der Waals surface area contributed by atoms with Crippen LogP contribution in [0, 0.1) is 0 Å². The summed E-state index contributed by atoms with van der Waals surface area (Å²) in [5.41, 5.74) is 0. The van der Waals surface area contributed by atoms with Gasteiger partial charge in [-0.15, -0.1) is 13.2 Å². The van der Waals surface area contributed by atoms with Gasteiger partial charge < -0.3 is 15.3 Å². The summed E-state index contributed by atoms with van der Waals surface area (Å²) in [6, 6.07) is 0. The first kappa shape index (κ1) is 22.4. The Bertz CT molecular complexity index is 17.7. The Morgan fingerprint density at radius 2 is 1.00 bits per heavy atom. The molecular formula is C6H16NiO3. The zero-order valence-electron chi connectivity index (χ0n) is 6.70. The van der Waals surface area contributed by atoms with Crippen LogP contribution in [-0.4, -0.2) is 24.9 Å². The summed E-state index contributed by atoms with van der Waals surface area (Å²) in [7, 11) is 0. The molecule has 0 aliphatic carbocycles. The molecule has 0 radical (unpaired) electrons. The van der Waals surface area contributed by atoms with E-state index in [0.717, 1.165) is 0 Å². The van der Waals surface area contributed by atoms with Crippen LogP contribution in [0.1, 0.15) is 20.8 Å². The van der Waals surface area contributed by atoms with Crippen LogP contribution >= 0.6 is 0 Å². The van der Waals surface area contributed by atoms with Gasteiger partial charge in [-0.1, -0.05) is 13.8 Å². The Labute approximate surface area is 73.0 Å². The number of hydrogen-bond acceptors (Lipinski definition) is 3. The van der Waals surface area contributed by atoms with E-state index in [0.29, 0.717) is 0 Å². The zero-order chi connectivity index (χ0) is 8.12. The third kappa shape index (κ3) is 3260. The molecule has 0 aromatic rings. The maximum atomic E-state index is 8.93. The maximum absolute atomic E-state index is 8.93. The second-order valence-corrected chi connectivity index (χ2v) is 0.894. The molecule has 3 nitrogen and oxygen atoms in total. The maximum Gasteiger partial charge on any atom is 2.00 e. The van der Waals surface area contributed by atoms with Gasteiger partial charge in [-0.2, -0.15) is 0 Å². The Kier molecular flexibility index (Phi) is 130. The quantitative estimate of drug-likeness (QED) is 0.490. The van der Waals surface area contributed by atoms with Gasteiger partial charge in [0.2, 0.25) is 0 Å². The van der Waals surface area contributed by atoms with Crippen molar-refractivity contribution >= 4 is 0 Å². The molecule has 10 heavy (non-hydrogen) atoms. The molecule has 0 unspecified atom stereocenters. The molecule has 0 bridgehead atoms. The van der Waals surface area contributed by atoms with Crippen LogP contribution < -0.4 is 10.2 Å². The van der Waals surface area contributed by atoms with Gasteiger partial charge in [0.15, 0.2) is 0 Å². The zero-order valence-corrected chi connectivity index (χ0v) is 7.69. The second kappa shape index (κ2) is 57.8. The standard InChI is InChI=1S/C2H6O.2C2H5O.Ni/c3*1-2-3;/h3H,2H2,1H3;2*2H2,1H3;/q;2*-1;+2. The monoisotopic (exact) mass is 194 g/mol. The van der Waals surface area contributed by atoms with Crippen LogP contribution in [0.5, 0.6) is 0 Å². The van der Waals surface area contributed by atoms with E-state index in [9.17, 15) is 0 Å². The second-order valence-electron chi connectivity index (χ2n) is 0.894. The molecule has 1 N–H and O–H groups in total. The molecule has 0 saturated carbocycles. The van der Waals surface area contributed by atoms with Crippen LogP contribution in [0.15, 0.2) is 0 Å². The molecule has 0 aliphatic rings. The smallest absolute Gasteiger partial charge is 0.855 e. The minimum atomic E-state index is 0. The number of aliphatic hydroxyl groups excluding tert-OH is 1. The van der Waals surface area contributed by atoms with Gasteiger partial charge in [-0.25, -0.2) is 0 Å². The Hall–Kier alpha value is 0.374. The molecule has 0 spiro atoms. The fraction of sp³-hybridized carbons (Fsp3) is 1.00. The van der Waals surface area contributed by atoms with E-state index in [1.54, 1.807) is 20.8 Å². The van der Waals surface area contributed by atoms with Gasteiger partial charge in [-0.3, -0.25) is 0 Å². The Morgan fingerprint density at radius 3 is 1.00 bits per heavy atom. The Balaban J connectivity index is -0.0000000257. The largest absolute Gasteiger partial charge is 2.00 e. The van der Waals surface area contributed by atoms with Gasteiger partial charge in [0.25, 0.3) is 0 Å². The van der Waals surface area contributed by atoms with E-state index in [1.807, 2.05) is 0 Å². The van der Waals surface area contributed by atoms with Gasteiger partial charge in [0, 0.05) is 6.61 Å². The molecule has 0 heterocycles. The normalized spacial score (nSPS) is 5.40. The molecule has 0 atom stereocenters. The average Bonchev–Trinajstić information content (AvgIpc) is 1.70. The van der Waals surface area contributed by atoms with E-state index in [1.165, 1.54) is 0 Å². The van der Waals surface area contributed by atoms with Crippen molar-refractivity contribution in [3.63, 3.8) is 0 Å². The number of rotatable bonds is 0. The summed E-state index contributed by atoms with van der Waals surface area (Å²) in [6.45, 7) is 5.07. The van der Waals surface area contributed by atoms with Crippen molar-refractivity contribution in [1.29, 1.82) is 0 Å². The fourth-order valence-electron chi connectivity index (χ4n) is 0. The topological polar surface area (TPSA) is 66.3 Å². The first-order valence-corrected chi connectivity index (χ1v) is 3.01. The molecule has 0 amide bonds. The summed E-state index contributed by atoms with van der Waals surface area (Å²) in [5, 5.41) is 25.4. The molecule has 0 aromatic carbocycles.